The zero-order valence-corrected chi connectivity index (χ0v) is 17.9. The number of carbonyl (C=O) groups excluding carboxylic acids is 1. The van der Waals surface area contributed by atoms with E-state index in [1.165, 1.54) is 64.2 Å². The third kappa shape index (κ3) is 19.8. The summed E-state index contributed by atoms with van der Waals surface area (Å²) >= 11 is 0. The van der Waals surface area contributed by atoms with Crippen LogP contribution in [0.3, 0.4) is 0 Å². The van der Waals surface area contributed by atoms with Crippen LogP contribution in [0.5, 0.6) is 0 Å². The highest BCUT2D eigenvalue weighted by Crippen LogP contribution is 2.12. The molecule has 2 radical (unpaired) electrons. The average molecular weight is 377 g/mol. The van der Waals surface area contributed by atoms with Crippen LogP contribution in [0.15, 0.2) is 12.2 Å². The summed E-state index contributed by atoms with van der Waals surface area (Å²) in [6.45, 7) is 2.14. The minimum absolute atomic E-state index is 0.01000. The van der Waals surface area contributed by atoms with Crippen molar-refractivity contribution in [2.24, 2.45) is 0 Å². The van der Waals surface area contributed by atoms with Gasteiger partial charge in [-0.3, -0.25) is 4.79 Å². The Hall–Kier alpha value is -0.765. The van der Waals surface area contributed by atoms with Crippen LogP contribution >= 0.6 is 0 Å². The van der Waals surface area contributed by atoms with Crippen molar-refractivity contribution < 1.29 is 9.90 Å². The largest absolute Gasteiger partial charge is 0.394 e. The minimum Gasteiger partial charge on any atom is -0.394 e. The van der Waals surface area contributed by atoms with Gasteiger partial charge < -0.3 is 10.4 Å². The first kappa shape index (κ1) is 26.2. The number of rotatable bonds is 20. The highest BCUT2D eigenvalue weighted by molar-refractivity contribution is 6.08. The second-order valence-corrected chi connectivity index (χ2v) is 7.72. The molecular formula is C23H44BNO2. The molecule has 0 spiro atoms. The lowest BCUT2D eigenvalue weighted by atomic mass is 9.98. The second-order valence-electron chi connectivity index (χ2n) is 7.72. The number of hydrogen-bond acceptors (Lipinski definition) is 2. The zero-order chi connectivity index (χ0) is 20.0. The molecule has 27 heavy (non-hydrogen) atoms. The number of nitrogens with one attached hydrogen (secondary N) is 1. The minimum atomic E-state index is -0.139. The summed E-state index contributed by atoms with van der Waals surface area (Å²) in [5, 5.41) is 12.3. The van der Waals surface area contributed by atoms with Crippen molar-refractivity contribution in [3.8, 4) is 0 Å². The normalized spacial score (nSPS) is 12.5. The van der Waals surface area contributed by atoms with Gasteiger partial charge in [-0.25, -0.2) is 0 Å². The SMILES string of the molecule is [B]CCCCCCCCCCCC/C=C/CC(CO)NC(=O)CCCCC. The quantitative estimate of drug-likeness (QED) is 0.158. The fourth-order valence-electron chi connectivity index (χ4n) is 3.21. The van der Waals surface area contributed by atoms with Crippen molar-refractivity contribution in [2.75, 3.05) is 6.61 Å². The molecule has 0 fully saturated rings. The maximum atomic E-state index is 11.8. The van der Waals surface area contributed by atoms with Crippen molar-refractivity contribution in [3.05, 3.63) is 12.2 Å². The molecule has 1 amide bonds. The summed E-state index contributed by atoms with van der Waals surface area (Å²) in [6.07, 6.45) is 23.8. The molecule has 0 bridgehead atoms. The van der Waals surface area contributed by atoms with Gasteiger partial charge in [-0.15, -0.1) is 0 Å². The van der Waals surface area contributed by atoms with E-state index in [1.54, 1.807) is 0 Å². The summed E-state index contributed by atoms with van der Waals surface area (Å²) in [5.74, 6) is 0.0651. The summed E-state index contributed by atoms with van der Waals surface area (Å²) < 4.78 is 0. The van der Waals surface area contributed by atoms with Gasteiger partial charge in [0.1, 0.15) is 0 Å². The molecular weight excluding hydrogens is 333 g/mol. The summed E-state index contributed by atoms with van der Waals surface area (Å²) in [5.41, 5.74) is 0. The maximum Gasteiger partial charge on any atom is 0.220 e. The predicted molar refractivity (Wildman–Crippen MR) is 118 cm³/mol. The van der Waals surface area contributed by atoms with Crippen LogP contribution in [-0.4, -0.2) is 31.5 Å². The van der Waals surface area contributed by atoms with Gasteiger partial charge in [-0.1, -0.05) is 96.0 Å². The van der Waals surface area contributed by atoms with Gasteiger partial charge in [0.2, 0.25) is 5.91 Å². The number of allylic oxidation sites excluding steroid dienone is 1. The van der Waals surface area contributed by atoms with E-state index in [-0.39, 0.29) is 18.6 Å². The lowest BCUT2D eigenvalue weighted by molar-refractivity contribution is -0.122. The number of hydrogen-bond donors (Lipinski definition) is 2. The van der Waals surface area contributed by atoms with Crippen LogP contribution < -0.4 is 5.32 Å². The van der Waals surface area contributed by atoms with Crippen molar-refractivity contribution in [1.82, 2.24) is 5.32 Å². The third-order valence-electron chi connectivity index (χ3n) is 5.01. The monoisotopic (exact) mass is 377 g/mol. The molecule has 3 nitrogen and oxygen atoms in total. The van der Waals surface area contributed by atoms with Gasteiger partial charge >= 0.3 is 0 Å². The maximum absolute atomic E-state index is 11.8. The van der Waals surface area contributed by atoms with E-state index in [2.05, 4.69) is 24.4 Å². The standard InChI is InChI=1S/C23H44BNO2/c1-2-3-15-19-23(27)25-22(21-26)18-16-13-11-9-7-5-4-6-8-10-12-14-17-20-24/h13,16,22,26H,2-12,14-15,17-21H2,1H3,(H,25,27)/b16-13+. The van der Waals surface area contributed by atoms with E-state index >= 15 is 0 Å². The Morgan fingerprint density at radius 1 is 0.889 bits per heavy atom. The van der Waals surface area contributed by atoms with Crippen LogP contribution in [-0.2, 0) is 4.79 Å². The van der Waals surface area contributed by atoms with E-state index in [0.717, 1.165) is 38.4 Å². The molecule has 0 saturated carbocycles. The van der Waals surface area contributed by atoms with E-state index in [0.29, 0.717) is 6.42 Å². The number of aliphatic hydroxyl groups excluding tert-OH is 1. The van der Waals surface area contributed by atoms with Crippen molar-refractivity contribution in [1.29, 1.82) is 0 Å². The lowest BCUT2D eigenvalue weighted by Gasteiger charge is -2.14. The van der Waals surface area contributed by atoms with Crippen LogP contribution in [0.1, 0.15) is 110 Å². The molecule has 0 rings (SSSR count). The molecule has 0 aliphatic carbocycles. The molecule has 0 aromatic rings. The zero-order valence-electron chi connectivity index (χ0n) is 17.9. The third-order valence-corrected chi connectivity index (χ3v) is 5.01. The Morgan fingerprint density at radius 3 is 2.04 bits per heavy atom. The van der Waals surface area contributed by atoms with Crippen LogP contribution in [0.4, 0.5) is 0 Å². The molecule has 0 heterocycles. The molecule has 0 saturated heterocycles. The Labute approximate surface area is 170 Å². The Kier molecular flexibility index (Phi) is 20.9. The van der Waals surface area contributed by atoms with Crippen molar-refractivity contribution >= 4 is 13.8 Å². The van der Waals surface area contributed by atoms with Gasteiger partial charge in [0, 0.05) is 6.42 Å². The van der Waals surface area contributed by atoms with Crippen molar-refractivity contribution in [2.45, 2.75) is 122 Å². The summed E-state index contributed by atoms with van der Waals surface area (Å²) in [7, 11) is 5.50. The summed E-state index contributed by atoms with van der Waals surface area (Å²) in [6, 6.07) is -0.139. The number of amides is 1. The Bertz CT molecular complexity index is 347. The lowest BCUT2D eigenvalue weighted by Crippen LogP contribution is -2.36. The van der Waals surface area contributed by atoms with Crippen molar-refractivity contribution in [3.63, 3.8) is 0 Å². The molecule has 156 valence electrons. The molecule has 2 N–H and O–H groups in total. The fraction of sp³-hybridized carbons (Fsp3) is 0.870. The van der Waals surface area contributed by atoms with Crippen LogP contribution in [0.25, 0.3) is 0 Å². The molecule has 0 aliphatic heterocycles. The van der Waals surface area contributed by atoms with E-state index in [4.69, 9.17) is 7.85 Å². The van der Waals surface area contributed by atoms with Gasteiger partial charge in [0.25, 0.3) is 0 Å². The van der Waals surface area contributed by atoms with Crippen LogP contribution in [0.2, 0.25) is 6.32 Å². The molecule has 1 atom stereocenters. The van der Waals surface area contributed by atoms with Gasteiger partial charge in [0.05, 0.1) is 20.5 Å². The highest BCUT2D eigenvalue weighted by Gasteiger charge is 2.09. The first-order chi connectivity index (χ1) is 13.2. The molecule has 1 unspecified atom stereocenters. The van der Waals surface area contributed by atoms with Crippen LogP contribution in [0, 0.1) is 0 Å². The first-order valence-corrected chi connectivity index (χ1v) is 11.5. The van der Waals surface area contributed by atoms with Gasteiger partial charge in [-0.2, -0.15) is 0 Å². The average Bonchev–Trinajstić information content (AvgIpc) is 2.67. The number of unbranched alkanes of at least 4 members (excludes halogenated alkanes) is 12. The van der Waals surface area contributed by atoms with E-state index in [9.17, 15) is 9.90 Å². The number of aliphatic hydroxyl groups is 1. The highest BCUT2D eigenvalue weighted by atomic mass is 16.3. The Balaban J connectivity index is 3.47. The molecule has 4 heteroatoms. The molecule has 0 aliphatic rings. The second kappa shape index (κ2) is 21.5. The molecule has 0 aromatic heterocycles. The topological polar surface area (TPSA) is 49.3 Å². The summed E-state index contributed by atoms with van der Waals surface area (Å²) in [4.78, 5) is 11.8. The van der Waals surface area contributed by atoms with E-state index < -0.39 is 0 Å². The first-order valence-electron chi connectivity index (χ1n) is 11.5. The molecule has 0 aromatic carbocycles. The van der Waals surface area contributed by atoms with Gasteiger partial charge in [0.15, 0.2) is 0 Å². The van der Waals surface area contributed by atoms with Gasteiger partial charge in [-0.05, 0) is 25.7 Å². The predicted octanol–water partition coefficient (Wildman–Crippen LogP) is 5.87. The van der Waals surface area contributed by atoms with E-state index in [1.807, 2.05) is 0 Å². The Morgan fingerprint density at radius 2 is 1.48 bits per heavy atom. The fourth-order valence-corrected chi connectivity index (χ4v) is 3.21. The number of carbonyl (C=O) groups is 1. The smallest absolute Gasteiger partial charge is 0.220 e.